The number of hydrogen-bond donors (Lipinski definition) is 1. The van der Waals surface area contributed by atoms with Crippen molar-refractivity contribution in [1.82, 2.24) is 19.6 Å². The molecule has 2 aliphatic heterocycles. The van der Waals surface area contributed by atoms with Crippen LogP contribution in [0.1, 0.15) is 23.9 Å². The van der Waals surface area contributed by atoms with Gasteiger partial charge in [0.1, 0.15) is 11.5 Å². The number of ether oxygens (including phenoxy) is 3. The van der Waals surface area contributed by atoms with E-state index in [0.717, 1.165) is 44.9 Å². The highest BCUT2D eigenvalue weighted by Crippen LogP contribution is 2.29. The molecule has 0 aliphatic carbocycles. The number of carbonyl (C=O) groups is 1. The smallest absolute Gasteiger partial charge is 0.322 e. The molecule has 0 radical (unpaired) electrons. The average molecular weight is 430 g/mol. The van der Waals surface area contributed by atoms with E-state index in [-0.39, 0.29) is 6.03 Å². The number of amides is 2. The van der Waals surface area contributed by atoms with E-state index in [4.69, 9.17) is 19.3 Å². The molecule has 0 spiro atoms. The summed E-state index contributed by atoms with van der Waals surface area (Å²) in [4.78, 5) is 17.0. The second kappa shape index (κ2) is 9.57. The van der Waals surface area contributed by atoms with Gasteiger partial charge in [-0.3, -0.25) is 9.58 Å². The van der Waals surface area contributed by atoms with Gasteiger partial charge in [-0.15, -0.1) is 0 Å². The van der Waals surface area contributed by atoms with E-state index in [9.17, 15) is 4.79 Å². The van der Waals surface area contributed by atoms with Crippen LogP contribution in [0.5, 0.6) is 11.5 Å². The topological polar surface area (TPSA) is 81.1 Å². The molecule has 0 saturated carbocycles. The van der Waals surface area contributed by atoms with Crippen LogP contribution >= 0.6 is 0 Å². The molecule has 1 N–H and O–H groups in total. The minimum Gasteiger partial charge on any atom is -0.497 e. The van der Waals surface area contributed by atoms with Gasteiger partial charge in [-0.05, 0) is 19.1 Å². The number of urea groups is 1. The van der Waals surface area contributed by atoms with Crippen LogP contribution in [0.15, 0.2) is 18.2 Å². The molecule has 0 atom stereocenters. The molecule has 9 heteroatoms. The summed E-state index contributed by atoms with van der Waals surface area (Å²) in [6.07, 6.45) is 0.928. The van der Waals surface area contributed by atoms with Gasteiger partial charge in [-0.2, -0.15) is 5.10 Å². The third-order valence-electron chi connectivity index (χ3n) is 5.96. The lowest BCUT2D eigenvalue weighted by atomic mass is 10.1. The molecule has 168 valence electrons. The number of nitrogens with zero attached hydrogens (tertiary/aromatic N) is 4. The van der Waals surface area contributed by atoms with Crippen LogP contribution in [0.25, 0.3) is 0 Å². The zero-order valence-electron chi connectivity index (χ0n) is 18.5. The number of nitrogens with one attached hydrogen (secondary N) is 1. The standard InChI is InChI=1S/C22H31N5O4/c1-4-27-20-7-12-31-15-17(20)19(24-27)14-25-8-10-26(11-9-25)22(28)23-18-13-16(29-2)5-6-21(18)30-3/h5-6,13H,4,7-12,14-15H2,1-3H3,(H,23,28). The fraction of sp³-hybridized carbons (Fsp3) is 0.545. The molecule has 1 aromatic heterocycles. The maximum atomic E-state index is 12.8. The summed E-state index contributed by atoms with van der Waals surface area (Å²) >= 11 is 0. The van der Waals surface area contributed by atoms with Crippen molar-refractivity contribution in [3.05, 3.63) is 35.2 Å². The molecule has 3 heterocycles. The van der Waals surface area contributed by atoms with Crippen molar-refractivity contribution < 1.29 is 19.0 Å². The van der Waals surface area contributed by atoms with Crippen molar-refractivity contribution in [3.8, 4) is 11.5 Å². The Morgan fingerprint density at radius 2 is 2.00 bits per heavy atom. The Kier molecular flexibility index (Phi) is 6.62. The van der Waals surface area contributed by atoms with E-state index in [0.29, 0.717) is 36.9 Å². The van der Waals surface area contributed by atoms with Gasteiger partial charge in [0.15, 0.2) is 0 Å². The third-order valence-corrected chi connectivity index (χ3v) is 5.96. The number of piperazine rings is 1. The molecule has 2 aliphatic rings. The highest BCUT2D eigenvalue weighted by molar-refractivity contribution is 5.91. The first-order chi connectivity index (χ1) is 15.1. The zero-order chi connectivity index (χ0) is 21.8. The van der Waals surface area contributed by atoms with E-state index in [1.165, 1.54) is 11.3 Å². The largest absolute Gasteiger partial charge is 0.497 e. The fourth-order valence-corrected chi connectivity index (χ4v) is 4.19. The van der Waals surface area contributed by atoms with Crippen LogP contribution in [0.3, 0.4) is 0 Å². The number of hydrogen-bond acceptors (Lipinski definition) is 6. The van der Waals surface area contributed by atoms with Crippen molar-refractivity contribution in [3.63, 3.8) is 0 Å². The van der Waals surface area contributed by atoms with Crippen molar-refractivity contribution >= 4 is 11.7 Å². The summed E-state index contributed by atoms with van der Waals surface area (Å²) in [6, 6.07) is 5.22. The SMILES string of the molecule is CCn1nc(CN2CCN(C(=O)Nc3cc(OC)ccc3OC)CC2)c2c1CCOC2. The van der Waals surface area contributed by atoms with Crippen LogP contribution in [-0.4, -0.2) is 72.6 Å². The van der Waals surface area contributed by atoms with Gasteiger partial charge in [0.25, 0.3) is 0 Å². The lowest BCUT2D eigenvalue weighted by Gasteiger charge is -2.34. The minimum atomic E-state index is -0.132. The first-order valence-corrected chi connectivity index (χ1v) is 10.8. The zero-order valence-corrected chi connectivity index (χ0v) is 18.5. The second-order valence-corrected chi connectivity index (χ2v) is 7.75. The van der Waals surface area contributed by atoms with Crippen LogP contribution < -0.4 is 14.8 Å². The van der Waals surface area contributed by atoms with Crippen LogP contribution in [0, 0.1) is 0 Å². The van der Waals surface area contributed by atoms with Gasteiger partial charge in [0.05, 0.1) is 38.8 Å². The average Bonchev–Trinajstić information content (AvgIpc) is 3.17. The van der Waals surface area contributed by atoms with E-state index >= 15 is 0 Å². The molecule has 4 rings (SSSR count). The highest BCUT2D eigenvalue weighted by Gasteiger charge is 2.26. The lowest BCUT2D eigenvalue weighted by Crippen LogP contribution is -2.49. The molecular formula is C22H31N5O4. The lowest BCUT2D eigenvalue weighted by molar-refractivity contribution is 0.106. The maximum Gasteiger partial charge on any atom is 0.322 e. The number of carbonyl (C=O) groups excluding carboxylic acids is 1. The van der Waals surface area contributed by atoms with Gasteiger partial charge in [0.2, 0.25) is 0 Å². The maximum absolute atomic E-state index is 12.8. The summed E-state index contributed by atoms with van der Waals surface area (Å²) < 4.78 is 18.4. The van der Waals surface area contributed by atoms with Crippen LogP contribution in [0.2, 0.25) is 0 Å². The summed E-state index contributed by atoms with van der Waals surface area (Å²) in [5.74, 6) is 1.27. The Balaban J connectivity index is 1.35. The number of rotatable bonds is 6. The summed E-state index contributed by atoms with van der Waals surface area (Å²) in [7, 11) is 3.18. The van der Waals surface area contributed by atoms with Gasteiger partial charge < -0.3 is 24.4 Å². The molecule has 1 aromatic carbocycles. The Morgan fingerprint density at radius 1 is 1.19 bits per heavy atom. The van der Waals surface area contributed by atoms with Gasteiger partial charge in [0, 0.05) is 63.0 Å². The number of benzene rings is 1. The predicted octanol–water partition coefficient (Wildman–Crippen LogP) is 2.34. The summed E-state index contributed by atoms with van der Waals surface area (Å²) in [6.45, 7) is 8.13. The first kappa shape index (κ1) is 21.5. The molecule has 1 saturated heterocycles. The quantitative estimate of drug-likeness (QED) is 0.759. The van der Waals surface area contributed by atoms with Gasteiger partial charge in [-0.25, -0.2) is 4.79 Å². The van der Waals surface area contributed by atoms with Crippen molar-refractivity contribution in [1.29, 1.82) is 0 Å². The summed E-state index contributed by atoms with van der Waals surface area (Å²) in [5, 5.41) is 7.78. The summed E-state index contributed by atoms with van der Waals surface area (Å²) in [5.41, 5.74) is 4.27. The Morgan fingerprint density at radius 3 is 2.71 bits per heavy atom. The molecule has 2 amide bonds. The van der Waals surface area contributed by atoms with Crippen molar-refractivity contribution in [2.75, 3.05) is 52.3 Å². The number of anilines is 1. The first-order valence-electron chi connectivity index (χ1n) is 10.8. The molecule has 0 bridgehead atoms. The number of aryl methyl sites for hydroxylation is 1. The monoisotopic (exact) mass is 429 g/mol. The van der Waals surface area contributed by atoms with E-state index < -0.39 is 0 Å². The Hall–Kier alpha value is -2.78. The molecular weight excluding hydrogens is 398 g/mol. The molecule has 1 fully saturated rings. The van der Waals surface area contributed by atoms with Gasteiger partial charge in [-0.1, -0.05) is 0 Å². The van der Waals surface area contributed by atoms with Crippen LogP contribution in [0.4, 0.5) is 10.5 Å². The number of aromatic nitrogens is 2. The Bertz CT molecular complexity index is 921. The molecule has 31 heavy (non-hydrogen) atoms. The molecule has 0 unspecified atom stereocenters. The number of fused-ring (bicyclic) bond motifs is 1. The molecule has 2 aromatic rings. The Labute approximate surface area is 182 Å². The van der Waals surface area contributed by atoms with Gasteiger partial charge >= 0.3 is 6.03 Å². The van der Waals surface area contributed by atoms with E-state index in [1.54, 1.807) is 32.4 Å². The third kappa shape index (κ3) is 4.62. The second-order valence-electron chi connectivity index (χ2n) is 7.75. The number of methoxy groups -OCH3 is 2. The highest BCUT2D eigenvalue weighted by atomic mass is 16.5. The van der Waals surface area contributed by atoms with E-state index in [1.807, 2.05) is 4.90 Å². The van der Waals surface area contributed by atoms with Crippen molar-refractivity contribution in [2.45, 2.75) is 33.0 Å². The fourth-order valence-electron chi connectivity index (χ4n) is 4.19. The normalized spacial score (nSPS) is 16.7. The van der Waals surface area contributed by atoms with Crippen molar-refractivity contribution in [2.24, 2.45) is 0 Å². The van der Waals surface area contributed by atoms with E-state index in [2.05, 4.69) is 21.8 Å². The minimum absolute atomic E-state index is 0.132. The predicted molar refractivity (Wildman–Crippen MR) is 117 cm³/mol. The van der Waals surface area contributed by atoms with Crippen LogP contribution in [-0.2, 0) is 30.9 Å². The molecule has 9 nitrogen and oxygen atoms in total.